The summed E-state index contributed by atoms with van der Waals surface area (Å²) in [5.74, 6) is 0.115. The van der Waals surface area contributed by atoms with Crippen LogP contribution in [-0.4, -0.2) is 37.8 Å². The highest BCUT2D eigenvalue weighted by Gasteiger charge is 2.09. The molecule has 5 heteroatoms. The molecule has 0 heterocycles. The molecular formula is C12H19N3O2. The lowest BCUT2D eigenvalue weighted by molar-refractivity contribution is 0.183. The second kappa shape index (κ2) is 6.10. The molecule has 5 nitrogen and oxygen atoms in total. The Kier molecular flexibility index (Phi) is 4.78. The van der Waals surface area contributed by atoms with Gasteiger partial charge in [-0.25, -0.2) is 0 Å². The van der Waals surface area contributed by atoms with E-state index < -0.39 is 0 Å². The lowest BCUT2D eigenvalue weighted by Gasteiger charge is -2.26. The van der Waals surface area contributed by atoms with Crippen LogP contribution in [0.1, 0.15) is 12.5 Å². The van der Waals surface area contributed by atoms with E-state index in [0.717, 1.165) is 5.69 Å². The monoisotopic (exact) mass is 237 g/mol. The van der Waals surface area contributed by atoms with Gasteiger partial charge in [0.25, 0.3) is 0 Å². The number of rotatable bonds is 5. The highest BCUT2D eigenvalue weighted by atomic mass is 16.5. The minimum atomic E-state index is 0.115. The molecule has 0 radical (unpaired) electrons. The highest BCUT2D eigenvalue weighted by Crippen LogP contribution is 2.16. The van der Waals surface area contributed by atoms with E-state index in [4.69, 9.17) is 15.7 Å². The highest BCUT2D eigenvalue weighted by molar-refractivity contribution is 5.97. The van der Waals surface area contributed by atoms with E-state index in [1.165, 1.54) is 0 Å². The third-order valence-corrected chi connectivity index (χ3v) is 2.75. The van der Waals surface area contributed by atoms with E-state index in [1.54, 1.807) is 7.11 Å². The zero-order valence-electron chi connectivity index (χ0n) is 10.4. The summed E-state index contributed by atoms with van der Waals surface area (Å²) in [6.07, 6.45) is 0. The molecule has 17 heavy (non-hydrogen) atoms. The van der Waals surface area contributed by atoms with Crippen molar-refractivity contribution in [2.75, 3.05) is 25.7 Å². The molecule has 0 aliphatic carbocycles. The van der Waals surface area contributed by atoms with Crippen molar-refractivity contribution >= 4 is 11.5 Å². The minimum Gasteiger partial charge on any atom is -0.409 e. The molecule has 0 amide bonds. The number of nitrogens with two attached hydrogens (primary N) is 1. The predicted octanol–water partition coefficient (Wildman–Crippen LogP) is 1.25. The van der Waals surface area contributed by atoms with Gasteiger partial charge >= 0.3 is 0 Å². The lowest BCUT2D eigenvalue weighted by Crippen LogP contribution is -2.32. The summed E-state index contributed by atoms with van der Waals surface area (Å²) in [6, 6.07) is 7.79. The Hall–Kier alpha value is -1.75. The Morgan fingerprint density at radius 2 is 2.06 bits per heavy atom. The van der Waals surface area contributed by atoms with Gasteiger partial charge in [-0.2, -0.15) is 0 Å². The first-order chi connectivity index (χ1) is 8.10. The summed E-state index contributed by atoms with van der Waals surface area (Å²) >= 11 is 0. The Balaban J connectivity index is 2.80. The van der Waals surface area contributed by atoms with Crippen molar-refractivity contribution < 1.29 is 9.94 Å². The molecule has 0 spiro atoms. The quantitative estimate of drug-likeness (QED) is 0.350. The van der Waals surface area contributed by atoms with Gasteiger partial charge in [0, 0.05) is 31.5 Å². The van der Waals surface area contributed by atoms with Crippen molar-refractivity contribution in [2.45, 2.75) is 13.0 Å². The second-order valence-electron chi connectivity index (χ2n) is 3.95. The van der Waals surface area contributed by atoms with Crippen LogP contribution in [0.15, 0.2) is 29.4 Å². The summed E-state index contributed by atoms with van der Waals surface area (Å²) in [5.41, 5.74) is 7.25. The first-order valence-electron chi connectivity index (χ1n) is 5.40. The predicted molar refractivity (Wildman–Crippen MR) is 68.7 cm³/mol. The maximum absolute atomic E-state index is 8.56. The SMILES string of the molecule is COCC(C)N(C)c1ccc(/C(N)=N/O)cc1. The Morgan fingerprint density at radius 1 is 1.47 bits per heavy atom. The number of hydrogen-bond donors (Lipinski definition) is 2. The number of amidine groups is 1. The molecule has 1 unspecified atom stereocenters. The summed E-state index contributed by atoms with van der Waals surface area (Å²) in [7, 11) is 3.69. The number of methoxy groups -OCH3 is 1. The fraction of sp³-hybridized carbons (Fsp3) is 0.417. The minimum absolute atomic E-state index is 0.115. The molecule has 94 valence electrons. The standard InChI is InChI=1S/C12H19N3O2/c1-9(8-17-3)15(2)11-6-4-10(5-7-11)12(13)14-16/h4-7,9,16H,8H2,1-3H3,(H2,13,14). The van der Waals surface area contributed by atoms with Gasteiger partial charge in [0.15, 0.2) is 5.84 Å². The van der Waals surface area contributed by atoms with E-state index in [0.29, 0.717) is 12.2 Å². The molecule has 0 bridgehead atoms. The second-order valence-corrected chi connectivity index (χ2v) is 3.95. The van der Waals surface area contributed by atoms with Gasteiger partial charge < -0.3 is 20.6 Å². The van der Waals surface area contributed by atoms with Crippen molar-refractivity contribution in [2.24, 2.45) is 10.9 Å². The number of anilines is 1. The third kappa shape index (κ3) is 3.35. The molecule has 1 aromatic rings. The van der Waals surface area contributed by atoms with Crippen LogP contribution >= 0.6 is 0 Å². The molecule has 0 saturated heterocycles. The fourth-order valence-electron chi connectivity index (χ4n) is 1.53. The van der Waals surface area contributed by atoms with Crippen molar-refractivity contribution in [1.29, 1.82) is 0 Å². The van der Waals surface area contributed by atoms with Gasteiger partial charge in [-0.15, -0.1) is 0 Å². The van der Waals surface area contributed by atoms with Crippen LogP contribution < -0.4 is 10.6 Å². The number of oxime groups is 1. The molecule has 0 aromatic heterocycles. The third-order valence-electron chi connectivity index (χ3n) is 2.75. The molecule has 0 aliphatic heterocycles. The molecule has 0 fully saturated rings. The van der Waals surface area contributed by atoms with Crippen molar-refractivity contribution in [1.82, 2.24) is 0 Å². The molecule has 3 N–H and O–H groups in total. The van der Waals surface area contributed by atoms with Crippen LogP contribution in [0.5, 0.6) is 0 Å². The van der Waals surface area contributed by atoms with E-state index in [9.17, 15) is 0 Å². The van der Waals surface area contributed by atoms with Gasteiger partial charge in [-0.05, 0) is 31.2 Å². The molecular weight excluding hydrogens is 218 g/mol. The Morgan fingerprint density at radius 3 is 2.53 bits per heavy atom. The topological polar surface area (TPSA) is 71.1 Å². The first-order valence-corrected chi connectivity index (χ1v) is 5.40. The van der Waals surface area contributed by atoms with Crippen LogP contribution in [-0.2, 0) is 4.74 Å². The largest absolute Gasteiger partial charge is 0.409 e. The molecule has 0 saturated carbocycles. The number of benzene rings is 1. The van der Waals surface area contributed by atoms with E-state index in [1.807, 2.05) is 31.3 Å². The summed E-state index contributed by atoms with van der Waals surface area (Å²) < 4.78 is 5.11. The van der Waals surface area contributed by atoms with Crippen molar-refractivity contribution in [3.05, 3.63) is 29.8 Å². The van der Waals surface area contributed by atoms with Gasteiger partial charge in [0.2, 0.25) is 0 Å². The van der Waals surface area contributed by atoms with E-state index in [-0.39, 0.29) is 11.9 Å². The van der Waals surface area contributed by atoms with E-state index in [2.05, 4.69) is 17.0 Å². The summed E-state index contributed by atoms with van der Waals surface area (Å²) in [5, 5.41) is 11.5. The van der Waals surface area contributed by atoms with Crippen LogP contribution in [0, 0.1) is 0 Å². The van der Waals surface area contributed by atoms with Gasteiger partial charge in [-0.1, -0.05) is 5.16 Å². The normalized spacial score (nSPS) is 13.5. The van der Waals surface area contributed by atoms with Gasteiger partial charge in [0.1, 0.15) is 0 Å². The van der Waals surface area contributed by atoms with Crippen molar-refractivity contribution in [3.63, 3.8) is 0 Å². The van der Waals surface area contributed by atoms with E-state index >= 15 is 0 Å². The average molecular weight is 237 g/mol. The van der Waals surface area contributed by atoms with Crippen molar-refractivity contribution in [3.8, 4) is 0 Å². The molecule has 1 rings (SSSR count). The summed E-state index contributed by atoms with van der Waals surface area (Å²) in [4.78, 5) is 2.11. The molecule has 1 atom stereocenters. The zero-order chi connectivity index (χ0) is 12.8. The molecule has 1 aromatic carbocycles. The van der Waals surface area contributed by atoms with Crippen LogP contribution in [0.4, 0.5) is 5.69 Å². The van der Waals surface area contributed by atoms with Crippen LogP contribution in [0.3, 0.4) is 0 Å². The maximum atomic E-state index is 8.56. The van der Waals surface area contributed by atoms with Crippen LogP contribution in [0.25, 0.3) is 0 Å². The number of likely N-dealkylation sites (N-methyl/N-ethyl adjacent to an activating group) is 1. The smallest absolute Gasteiger partial charge is 0.170 e. The molecule has 0 aliphatic rings. The maximum Gasteiger partial charge on any atom is 0.170 e. The summed E-state index contributed by atoms with van der Waals surface area (Å²) in [6.45, 7) is 2.75. The fourth-order valence-corrected chi connectivity index (χ4v) is 1.53. The van der Waals surface area contributed by atoms with Crippen LogP contribution in [0.2, 0.25) is 0 Å². The number of ether oxygens (including phenoxy) is 1. The average Bonchev–Trinajstić information content (AvgIpc) is 2.37. The zero-order valence-corrected chi connectivity index (χ0v) is 10.4. The van der Waals surface area contributed by atoms with Gasteiger partial charge in [-0.3, -0.25) is 0 Å². The Bertz CT molecular complexity index is 376. The Labute approximate surface area is 101 Å². The number of nitrogens with zero attached hydrogens (tertiary/aromatic N) is 2. The lowest BCUT2D eigenvalue weighted by atomic mass is 10.1. The number of hydrogen-bond acceptors (Lipinski definition) is 4. The first kappa shape index (κ1) is 13.3. The van der Waals surface area contributed by atoms with Gasteiger partial charge in [0.05, 0.1) is 6.61 Å².